The number of hydrogen-bond acceptors (Lipinski definition) is 7. The van der Waals surface area contributed by atoms with Gasteiger partial charge in [-0.3, -0.25) is 0 Å². The fourth-order valence-corrected chi connectivity index (χ4v) is 3.03. The number of anilines is 1. The fourth-order valence-electron chi connectivity index (χ4n) is 3.03. The first kappa shape index (κ1) is 19.8. The van der Waals surface area contributed by atoms with E-state index >= 15 is 0 Å². The van der Waals surface area contributed by atoms with Gasteiger partial charge in [-0.15, -0.1) is 5.10 Å². The van der Waals surface area contributed by atoms with Crippen LogP contribution in [0.4, 0.5) is 10.4 Å². The summed E-state index contributed by atoms with van der Waals surface area (Å²) >= 11 is 0. The molecule has 1 unspecified atom stereocenters. The second-order valence-electron chi connectivity index (χ2n) is 7.21. The predicted octanol–water partition coefficient (Wildman–Crippen LogP) is 4.21. The van der Waals surface area contributed by atoms with Crippen LogP contribution in [0, 0.1) is 5.82 Å². The monoisotopic (exact) mass is 409 g/mol. The lowest BCUT2D eigenvalue weighted by Crippen LogP contribution is -2.19. The van der Waals surface area contributed by atoms with Crippen LogP contribution in [0.15, 0.2) is 62.2 Å². The van der Waals surface area contributed by atoms with Gasteiger partial charge in [-0.05, 0) is 48.2 Å². The highest BCUT2D eigenvalue weighted by molar-refractivity contribution is 5.93. The van der Waals surface area contributed by atoms with E-state index in [1.807, 2.05) is 19.1 Å². The van der Waals surface area contributed by atoms with Crippen LogP contribution in [-0.4, -0.2) is 15.3 Å². The number of hydrogen-bond donors (Lipinski definition) is 2. The third kappa shape index (κ3) is 3.95. The van der Waals surface area contributed by atoms with E-state index in [1.54, 1.807) is 25.1 Å². The molecule has 2 N–H and O–H groups in total. The fraction of sp³-hybridized carbons (Fsp3) is 0.227. The van der Waals surface area contributed by atoms with Crippen molar-refractivity contribution in [3.05, 3.63) is 76.2 Å². The van der Waals surface area contributed by atoms with Gasteiger partial charge in [0.2, 0.25) is 5.89 Å². The second-order valence-corrected chi connectivity index (χ2v) is 7.21. The van der Waals surface area contributed by atoms with Gasteiger partial charge in [0.1, 0.15) is 17.0 Å². The summed E-state index contributed by atoms with van der Waals surface area (Å²) in [5.41, 5.74) is 0.960. The van der Waals surface area contributed by atoms with E-state index in [-0.39, 0.29) is 17.7 Å². The molecule has 2 aromatic carbocycles. The van der Waals surface area contributed by atoms with Crippen molar-refractivity contribution in [1.82, 2.24) is 10.2 Å². The Balaban J connectivity index is 1.60. The SMILES string of the molecule is CCC(C)(O)c1nnc(NCc2ccc3c(-c4ccc(F)cc4)cc(=O)oc3c2)o1. The standard InChI is InChI=1S/C22H20FN3O4/c1-3-22(2,28)20-25-26-21(30-20)24-12-13-4-9-16-17(11-19(27)29-18(16)10-13)14-5-7-15(23)8-6-14/h4-11,28H,3,12H2,1-2H3,(H,24,26). The van der Waals surface area contributed by atoms with Gasteiger partial charge in [0.15, 0.2) is 0 Å². The Morgan fingerprint density at radius 3 is 2.60 bits per heavy atom. The molecule has 0 aliphatic heterocycles. The molecule has 0 saturated carbocycles. The van der Waals surface area contributed by atoms with E-state index in [1.165, 1.54) is 18.2 Å². The van der Waals surface area contributed by atoms with Crippen molar-refractivity contribution in [2.45, 2.75) is 32.4 Å². The summed E-state index contributed by atoms with van der Waals surface area (Å²) in [6, 6.07) is 13.0. The van der Waals surface area contributed by atoms with E-state index in [4.69, 9.17) is 8.83 Å². The van der Waals surface area contributed by atoms with Crippen molar-refractivity contribution in [2.75, 3.05) is 5.32 Å². The Hall–Kier alpha value is -3.52. The zero-order chi connectivity index (χ0) is 21.3. The number of nitrogens with one attached hydrogen (secondary N) is 1. The highest BCUT2D eigenvalue weighted by Crippen LogP contribution is 2.28. The topological polar surface area (TPSA) is 101 Å². The molecule has 0 radical (unpaired) electrons. The van der Waals surface area contributed by atoms with Gasteiger partial charge in [0, 0.05) is 18.0 Å². The smallest absolute Gasteiger partial charge is 0.336 e. The van der Waals surface area contributed by atoms with Gasteiger partial charge in [0.05, 0.1) is 0 Å². The van der Waals surface area contributed by atoms with Crippen LogP contribution in [0.25, 0.3) is 22.1 Å². The molecule has 4 aromatic rings. The van der Waals surface area contributed by atoms with Gasteiger partial charge >= 0.3 is 11.6 Å². The summed E-state index contributed by atoms with van der Waals surface area (Å²) < 4.78 is 24.1. The lowest BCUT2D eigenvalue weighted by Gasteiger charge is -2.15. The number of halogens is 1. The van der Waals surface area contributed by atoms with E-state index < -0.39 is 11.2 Å². The lowest BCUT2D eigenvalue weighted by atomic mass is 10.0. The molecule has 7 nitrogen and oxygen atoms in total. The van der Waals surface area contributed by atoms with Gasteiger partial charge < -0.3 is 19.3 Å². The van der Waals surface area contributed by atoms with Gasteiger partial charge in [-0.2, -0.15) is 0 Å². The van der Waals surface area contributed by atoms with E-state index in [2.05, 4.69) is 15.5 Å². The van der Waals surface area contributed by atoms with Crippen LogP contribution < -0.4 is 10.9 Å². The average Bonchev–Trinajstić information content (AvgIpc) is 3.22. The predicted molar refractivity (Wildman–Crippen MR) is 109 cm³/mol. The molecule has 0 aliphatic rings. The molecule has 0 spiro atoms. The van der Waals surface area contributed by atoms with Crippen molar-refractivity contribution >= 4 is 17.0 Å². The molecule has 8 heteroatoms. The third-order valence-corrected chi connectivity index (χ3v) is 4.98. The molecule has 154 valence electrons. The van der Waals surface area contributed by atoms with Crippen molar-refractivity contribution in [3.8, 4) is 11.1 Å². The molecule has 0 aliphatic carbocycles. The van der Waals surface area contributed by atoms with E-state index in [0.29, 0.717) is 24.1 Å². The minimum Gasteiger partial charge on any atom is -0.423 e. The normalized spacial score (nSPS) is 13.3. The first-order valence-corrected chi connectivity index (χ1v) is 9.48. The maximum atomic E-state index is 13.2. The first-order valence-electron chi connectivity index (χ1n) is 9.48. The molecular formula is C22H20FN3O4. The average molecular weight is 409 g/mol. The molecule has 30 heavy (non-hydrogen) atoms. The molecule has 4 rings (SSSR count). The molecule has 0 bridgehead atoms. The third-order valence-electron chi connectivity index (χ3n) is 4.98. The number of aromatic nitrogens is 2. The molecular weight excluding hydrogens is 389 g/mol. The Kier molecular flexibility index (Phi) is 5.09. The zero-order valence-corrected chi connectivity index (χ0v) is 16.5. The van der Waals surface area contributed by atoms with Crippen LogP contribution in [0.5, 0.6) is 0 Å². The Labute approximate surface area is 171 Å². The highest BCUT2D eigenvalue weighted by atomic mass is 19.1. The molecule has 0 saturated heterocycles. The van der Waals surface area contributed by atoms with Gasteiger partial charge in [0.25, 0.3) is 0 Å². The van der Waals surface area contributed by atoms with Crippen LogP contribution in [0.1, 0.15) is 31.7 Å². The summed E-state index contributed by atoms with van der Waals surface area (Å²) in [4.78, 5) is 12.0. The largest absolute Gasteiger partial charge is 0.423 e. The van der Waals surface area contributed by atoms with Gasteiger partial charge in [-0.1, -0.05) is 36.3 Å². The van der Waals surface area contributed by atoms with Crippen LogP contribution in [-0.2, 0) is 12.1 Å². The van der Waals surface area contributed by atoms with Crippen molar-refractivity contribution in [3.63, 3.8) is 0 Å². The number of benzene rings is 2. The number of nitrogens with zero attached hydrogens (tertiary/aromatic N) is 2. The minimum atomic E-state index is -1.18. The molecule has 2 heterocycles. The highest BCUT2D eigenvalue weighted by Gasteiger charge is 2.27. The quantitative estimate of drug-likeness (QED) is 0.460. The number of rotatable bonds is 6. The summed E-state index contributed by atoms with van der Waals surface area (Å²) in [7, 11) is 0. The minimum absolute atomic E-state index is 0.140. The summed E-state index contributed by atoms with van der Waals surface area (Å²) in [5.74, 6) is -0.204. The summed E-state index contributed by atoms with van der Waals surface area (Å²) in [5, 5.41) is 21.7. The lowest BCUT2D eigenvalue weighted by molar-refractivity contribution is 0.0252. The number of fused-ring (bicyclic) bond motifs is 1. The number of aliphatic hydroxyl groups is 1. The first-order chi connectivity index (χ1) is 14.4. The van der Waals surface area contributed by atoms with Crippen molar-refractivity contribution in [2.24, 2.45) is 0 Å². The van der Waals surface area contributed by atoms with E-state index in [0.717, 1.165) is 16.5 Å². The molecule has 0 fully saturated rings. The zero-order valence-electron chi connectivity index (χ0n) is 16.5. The Morgan fingerprint density at radius 2 is 1.87 bits per heavy atom. The van der Waals surface area contributed by atoms with Crippen LogP contribution >= 0.6 is 0 Å². The van der Waals surface area contributed by atoms with Crippen LogP contribution in [0.3, 0.4) is 0 Å². The Morgan fingerprint density at radius 1 is 1.10 bits per heavy atom. The molecule has 0 amide bonds. The van der Waals surface area contributed by atoms with Crippen molar-refractivity contribution in [1.29, 1.82) is 0 Å². The Bertz CT molecular complexity index is 1250. The van der Waals surface area contributed by atoms with Gasteiger partial charge in [-0.25, -0.2) is 9.18 Å². The maximum Gasteiger partial charge on any atom is 0.336 e. The van der Waals surface area contributed by atoms with E-state index in [9.17, 15) is 14.3 Å². The second kappa shape index (κ2) is 7.72. The molecule has 1 atom stereocenters. The molecule has 2 aromatic heterocycles. The summed E-state index contributed by atoms with van der Waals surface area (Å²) in [6.07, 6.45) is 0.439. The summed E-state index contributed by atoms with van der Waals surface area (Å²) in [6.45, 7) is 3.77. The van der Waals surface area contributed by atoms with Crippen LogP contribution in [0.2, 0.25) is 0 Å². The van der Waals surface area contributed by atoms with Crippen molar-refractivity contribution < 1.29 is 18.3 Å². The maximum absolute atomic E-state index is 13.2.